The number of fused-ring (bicyclic) bond motifs is 5. The van der Waals surface area contributed by atoms with Crippen LogP contribution < -0.4 is 0 Å². The molecule has 10 nitrogen and oxygen atoms in total. The van der Waals surface area contributed by atoms with Gasteiger partial charge in [-0.1, -0.05) is 6.92 Å². The lowest BCUT2D eigenvalue weighted by Gasteiger charge is -2.59. The molecule has 0 aromatic rings. The zero-order valence-corrected chi connectivity index (χ0v) is 30.7. The number of carbonyl (C=O) groups is 4. The molecule has 0 radical (unpaired) electrons. The first kappa shape index (κ1) is 35.6. The monoisotopic (exact) mass is 674 g/mol. The molecule has 3 heterocycles. The van der Waals surface area contributed by atoms with Crippen LogP contribution in [0.1, 0.15) is 114 Å². The quantitative estimate of drug-likeness (QED) is 0.196. The number of hydrogen-bond acceptors (Lipinski definition) is 10. The number of hydrogen-bond donors (Lipinski definition) is 0. The van der Waals surface area contributed by atoms with Crippen LogP contribution in [0.25, 0.3) is 0 Å². The summed E-state index contributed by atoms with van der Waals surface area (Å²) in [5, 5.41) is 0. The van der Waals surface area contributed by atoms with Gasteiger partial charge in [0.15, 0.2) is 6.10 Å². The lowest BCUT2D eigenvalue weighted by molar-refractivity contribution is -0.215. The molecule has 48 heavy (non-hydrogen) atoms. The second-order valence-electron chi connectivity index (χ2n) is 18.5. The standard InChI is InChI=1S/C38H58O10/c1-11-36(7,32(41)47-34(2,3)4)19-37(8,33(42)48-38(9)22-13-20-12-21(15-22)16-23(38)14-20)18-35(5,6)31(40)46-29-27-25-24(17-44-30(25)39)26(45-27)28(29)43-10/h20-29H,11-19H2,1-10H3. The van der Waals surface area contributed by atoms with Crippen molar-refractivity contribution in [3.63, 3.8) is 0 Å². The molecule has 0 amide bonds. The summed E-state index contributed by atoms with van der Waals surface area (Å²) in [6.45, 7) is 17.0. The first-order chi connectivity index (χ1) is 22.2. The van der Waals surface area contributed by atoms with E-state index in [1.54, 1.807) is 21.0 Å². The van der Waals surface area contributed by atoms with E-state index in [1.165, 1.54) is 6.42 Å². The number of rotatable bonds is 11. The molecule has 8 unspecified atom stereocenters. The van der Waals surface area contributed by atoms with Crippen molar-refractivity contribution < 1.29 is 47.6 Å². The molecule has 8 atom stereocenters. The summed E-state index contributed by atoms with van der Waals surface area (Å²) < 4.78 is 36.0. The maximum Gasteiger partial charge on any atom is 0.312 e. The Morgan fingerprint density at radius 3 is 1.96 bits per heavy atom. The van der Waals surface area contributed by atoms with Gasteiger partial charge in [0.2, 0.25) is 0 Å². The van der Waals surface area contributed by atoms with Crippen LogP contribution >= 0.6 is 0 Å². The SMILES string of the molecule is CCC(C)(CC(C)(CC(C)(C)C(=O)OC1C(OC)C2OC1C1C(=O)OCC21)C(=O)OC1(C)C2CC3CC(C2)CC1C3)C(=O)OC(C)(C)C. The topological polar surface area (TPSA) is 124 Å². The van der Waals surface area contributed by atoms with E-state index < -0.39 is 63.8 Å². The molecule has 7 aliphatic rings. The Bertz CT molecular complexity index is 1290. The van der Waals surface area contributed by atoms with Gasteiger partial charge in [0.05, 0.1) is 34.9 Å². The molecule has 4 saturated carbocycles. The first-order valence-electron chi connectivity index (χ1n) is 18.3. The van der Waals surface area contributed by atoms with E-state index in [4.69, 9.17) is 28.4 Å². The molecule has 4 aliphatic carbocycles. The second kappa shape index (κ2) is 12.0. The second-order valence-corrected chi connectivity index (χ2v) is 18.5. The molecule has 3 saturated heterocycles. The van der Waals surface area contributed by atoms with Gasteiger partial charge < -0.3 is 28.4 Å². The first-order valence-corrected chi connectivity index (χ1v) is 18.3. The lowest BCUT2D eigenvalue weighted by Crippen LogP contribution is -2.59. The molecule has 6 bridgehead atoms. The summed E-state index contributed by atoms with van der Waals surface area (Å²) in [7, 11) is 1.55. The van der Waals surface area contributed by atoms with Crippen LogP contribution in [-0.4, -0.2) is 73.2 Å². The summed E-state index contributed by atoms with van der Waals surface area (Å²) in [6, 6.07) is 0. The molecule has 7 fully saturated rings. The van der Waals surface area contributed by atoms with E-state index >= 15 is 0 Å². The fraction of sp³-hybridized carbons (Fsp3) is 0.895. The highest BCUT2D eigenvalue weighted by Gasteiger charge is 2.67. The van der Waals surface area contributed by atoms with Gasteiger partial charge in [0, 0.05) is 13.0 Å². The third kappa shape index (κ3) is 5.98. The van der Waals surface area contributed by atoms with Crippen molar-refractivity contribution in [1.82, 2.24) is 0 Å². The lowest BCUT2D eigenvalue weighted by atomic mass is 9.50. The average Bonchev–Trinajstić information content (AvgIpc) is 3.65. The highest BCUT2D eigenvalue weighted by atomic mass is 16.6. The van der Waals surface area contributed by atoms with Crippen molar-refractivity contribution in [2.24, 2.45) is 51.8 Å². The van der Waals surface area contributed by atoms with Gasteiger partial charge in [0.25, 0.3) is 0 Å². The van der Waals surface area contributed by atoms with E-state index in [0.717, 1.165) is 25.7 Å². The largest absolute Gasteiger partial charge is 0.465 e. The van der Waals surface area contributed by atoms with Crippen molar-refractivity contribution in [1.29, 1.82) is 0 Å². The van der Waals surface area contributed by atoms with Crippen molar-refractivity contribution in [3.05, 3.63) is 0 Å². The Morgan fingerprint density at radius 1 is 0.812 bits per heavy atom. The van der Waals surface area contributed by atoms with Crippen molar-refractivity contribution in [2.75, 3.05) is 13.7 Å². The minimum Gasteiger partial charge on any atom is -0.465 e. The zero-order chi connectivity index (χ0) is 35.2. The average molecular weight is 675 g/mol. The normalized spacial score (nSPS) is 40.5. The van der Waals surface area contributed by atoms with Crippen LogP contribution in [0.2, 0.25) is 0 Å². The predicted octanol–water partition coefficient (Wildman–Crippen LogP) is 5.81. The van der Waals surface area contributed by atoms with Gasteiger partial charge in [0.1, 0.15) is 23.4 Å². The Labute approximate surface area is 286 Å². The third-order valence-corrected chi connectivity index (χ3v) is 13.1. The van der Waals surface area contributed by atoms with Crippen LogP contribution in [0.4, 0.5) is 0 Å². The molecule has 0 spiro atoms. The van der Waals surface area contributed by atoms with Crippen LogP contribution in [-0.2, 0) is 47.6 Å². The van der Waals surface area contributed by atoms with Crippen molar-refractivity contribution in [2.45, 2.75) is 149 Å². The molecule has 7 rings (SSSR count). The predicted molar refractivity (Wildman–Crippen MR) is 174 cm³/mol. The summed E-state index contributed by atoms with van der Waals surface area (Å²) in [5.41, 5.74) is -4.69. The fourth-order valence-electron chi connectivity index (χ4n) is 10.7. The van der Waals surface area contributed by atoms with Crippen LogP contribution in [0.3, 0.4) is 0 Å². The Hall–Kier alpha value is -2.20. The van der Waals surface area contributed by atoms with E-state index in [-0.39, 0.29) is 43.3 Å². The maximum absolute atomic E-state index is 14.8. The van der Waals surface area contributed by atoms with Gasteiger partial charge in [-0.25, -0.2) is 0 Å². The highest BCUT2D eigenvalue weighted by Crippen LogP contribution is 2.60. The summed E-state index contributed by atoms with van der Waals surface area (Å²) >= 11 is 0. The van der Waals surface area contributed by atoms with E-state index in [0.29, 0.717) is 30.1 Å². The summed E-state index contributed by atoms with van der Waals surface area (Å²) in [5.74, 6) is -0.182. The van der Waals surface area contributed by atoms with Gasteiger partial charge in [-0.05, 0) is 130 Å². The van der Waals surface area contributed by atoms with E-state index in [2.05, 4.69) is 6.92 Å². The molecular weight excluding hydrogens is 616 g/mol. The Kier molecular flexibility index (Phi) is 8.87. The van der Waals surface area contributed by atoms with Crippen molar-refractivity contribution in [3.8, 4) is 0 Å². The summed E-state index contributed by atoms with van der Waals surface area (Å²) in [6.07, 6.45) is 3.91. The van der Waals surface area contributed by atoms with E-state index in [9.17, 15) is 19.2 Å². The van der Waals surface area contributed by atoms with Gasteiger partial charge in [-0.15, -0.1) is 0 Å². The summed E-state index contributed by atoms with van der Waals surface area (Å²) in [4.78, 5) is 55.2. The Balaban J connectivity index is 1.26. The molecule has 270 valence electrons. The van der Waals surface area contributed by atoms with Crippen LogP contribution in [0.5, 0.6) is 0 Å². The van der Waals surface area contributed by atoms with Crippen LogP contribution in [0.15, 0.2) is 0 Å². The number of cyclic esters (lactones) is 1. The minimum atomic E-state index is -1.23. The van der Waals surface area contributed by atoms with Gasteiger partial charge in [-0.3, -0.25) is 19.2 Å². The number of carbonyl (C=O) groups excluding carboxylic acids is 4. The molecular formula is C38H58O10. The molecule has 3 aliphatic heterocycles. The third-order valence-electron chi connectivity index (χ3n) is 13.1. The fourth-order valence-corrected chi connectivity index (χ4v) is 10.7. The maximum atomic E-state index is 14.8. The molecule has 0 aromatic heterocycles. The van der Waals surface area contributed by atoms with Gasteiger partial charge in [-0.2, -0.15) is 0 Å². The molecule has 0 N–H and O–H groups in total. The Morgan fingerprint density at radius 2 is 1.42 bits per heavy atom. The van der Waals surface area contributed by atoms with Crippen LogP contribution in [0, 0.1) is 51.8 Å². The van der Waals surface area contributed by atoms with Crippen molar-refractivity contribution >= 4 is 23.9 Å². The minimum absolute atomic E-state index is 0.0835. The smallest absolute Gasteiger partial charge is 0.312 e. The molecule has 0 aromatic carbocycles. The number of ether oxygens (including phenoxy) is 6. The zero-order valence-electron chi connectivity index (χ0n) is 30.7. The number of methoxy groups -OCH3 is 1. The van der Waals surface area contributed by atoms with Gasteiger partial charge >= 0.3 is 23.9 Å². The highest BCUT2D eigenvalue weighted by molar-refractivity contribution is 5.83. The molecule has 10 heteroatoms. The number of esters is 4. The van der Waals surface area contributed by atoms with E-state index in [1.807, 2.05) is 41.5 Å².